The van der Waals surface area contributed by atoms with E-state index in [0.717, 1.165) is 12.2 Å². The van der Waals surface area contributed by atoms with Gasteiger partial charge in [0.15, 0.2) is 0 Å². The summed E-state index contributed by atoms with van der Waals surface area (Å²) in [5.41, 5.74) is 8.14. The first-order valence-corrected chi connectivity index (χ1v) is 7.39. The molecular formula is C14H23ClN2OS. The van der Waals surface area contributed by atoms with Gasteiger partial charge in [-0.25, -0.2) is 0 Å². The molecule has 0 saturated heterocycles. The van der Waals surface area contributed by atoms with Crippen LogP contribution in [0.2, 0.25) is 0 Å². The van der Waals surface area contributed by atoms with E-state index in [1.807, 2.05) is 13.0 Å². The van der Waals surface area contributed by atoms with Crippen LogP contribution in [-0.4, -0.2) is 24.2 Å². The number of benzene rings is 1. The average Bonchev–Trinajstić information content (AvgIpc) is 2.28. The standard InChI is InChI=1S/C14H22N2OS.ClH/c1-11-4-3-5-13(8-11)9-18-10-14(17)16-7-6-12(2)15;/h3-5,8,12H,6-7,9-10,15H2,1-2H3,(H,16,17);1H. The van der Waals surface area contributed by atoms with E-state index >= 15 is 0 Å². The number of aryl methyl sites for hydroxylation is 1. The molecule has 1 rings (SSSR count). The maximum absolute atomic E-state index is 11.5. The zero-order chi connectivity index (χ0) is 13.4. The maximum atomic E-state index is 11.5. The van der Waals surface area contributed by atoms with Gasteiger partial charge in [0.2, 0.25) is 5.91 Å². The Morgan fingerprint density at radius 2 is 2.21 bits per heavy atom. The van der Waals surface area contributed by atoms with Gasteiger partial charge >= 0.3 is 0 Å². The highest BCUT2D eigenvalue weighted by atomic mass is 35.5. The molecule has 0 radical (unpaired) electrons. The van der Waals surface area contributed by atoms with Gasteiger partial charge < -0.3 is 11.1 Å². The molecule has 3 nitrogen and oxygen atoms in total. The number of nitrogens with two attached hydrogens (primary N) is 1. The summed E-state index contributed by atoms with van der Waals surface area (Å²) in [5.74, 6) is 1.48. The van der Waals surface area contributed by atoms with E-state index in [9.17, 15) is 4.79 Å². The minimum absolute atomic E-state index is 0. The summed E-state index contributed by atoms with van der Waals surface area (Å²) in [7, 11) is 0. The van der Waals surface area contributed by atoms with E-state index in [0.29, 0.717) is 12.3 Å². The number of amides is 1. The Hall–Kier alpha value is -0.710. The second-order valence-corrected chi connectivity index (χ2v) is 5.58. The molecule has 0 saturated carbocycles. The molecule has 0 aromatic heterocycles. The summed E-state index contributed by atoms with van der Waals surface area (Å²) in [6, 6.07) is 8.52. The minimum Gasteiger partial charge on any atom is -0.355 e. The summed E-state index contributed by atoms with van der Waals surface area (Å²) in [4.78, 5) is 11.5. The van der Waals surface area contributed by atoms with Crippen molar-refractivity contribution >= 4 is 30.1 Å². The summed E-state index contributed by atoms with van der Waals surface area (Å²) in [6.07, 6.45) is 0.828. The zero-order valence-corrected chi connectivity index (χ0v) is 13.2. The van der Waals surface area contributed by atoms with Crippen molar-refractivity contribution in [3.8, 4) is 0 Å². The minimum atomic E-state index is 0. The quantitative estimate of drug-likeness (QED) is 0.814. The first-order chi connectivity index (χ1) is 8.58. The van der Waals surface area contributed by atoms with E-state index < -0.39 is 0 Å². The van der Waals surface area contributed by atoms with Gasteiger partial charge in [-0.3, -0.25) is 4.79 Å². The smallest absolute Gasteiger partial charge is 0.230 e. The molecule has 0 aliphatic rings. The highest BCUT2D eigenvalue weighted by Gasteiger charge is 2.02. The second kappa shape index (κ2) is 10.1. The highest BCUT2D eigenvalue weighted by Crippen LogP contribution is 2.13. The average molecular weight is 303 g/mol. The monoisotopic (exact) mass is 302 g/mol. The third-order valence-electron chi connectivity index (χ3n) is 2.51. The van der Waals surface area contributed by atoms with Crippen molar-refractivity contribution in [1.29, 1.82) is 0 Å². The number of carbonyl (C=O) groups is 1. The predicted molar refractivity (Wildman–Crippen MR) is 85.9 cm³/mol. The molecule has 0 spiro atoms. The van der Waals surface area contributed by atoms with E-state index in [1.165, 1.54) is 11.1 Å². The van der Waals surface area contributed by atoms with E-state index in [-0.39, 0.29) is 24.4 Å². The Balaban J connectivity index is 0.00000324. The lowest BCUT2D eigenvalue weighted by Crippen LogP contribution is -2.30. The molecule has 3 N–H and O–H groups in total. The molecular weight excluding hydrogens is 280 g/mol. The van der Waals surface area contributed by atoms with Crippen LogP contribution in [0.3, 0.4) is 0 Å². The Kier molecular flexibility index (Phi) is 9.74. The van der Waals surface area contributed by atoms with Gasteiger partial charge in [-0.2, -0.15) is 0 Å². The van der Waals surface area contributed by atoms with Crippen molar-refractivity contribution < 1.29 is 4.79 Å². The number of thioether (sulfide) groups is 1. The highest BCUT2D eigenvalue weighted by molar-refractivity contribution is 7.99. The number of hydrogen-bond acceptors (Lipinski definition) is 3. The summed E-state index contributed by atoms with van der Waals surface area (Å²) < 4.78 is 0. The van der Waals surface area contributed by atoms with Crippen LogP contribution in [0.15, 0.2) is 24.3 Å². The molecule has 19 heavy (non-hydrogen) atoms. The molecule has 5 heteroatoms. The van der Waals surface area contributed by atoms with Crippen LogP contribution in [0.4, 0.5) is 0 Å². The Morgan fingerprint density at radius 1 is 1.47 bits per heavy atom. The Morgan fingerprint density at radius 3 is 2.84 bits per heavy atom. The third-order valence-corrected chi connectivity index (χ3v) is 3.51. The van der Waals surface area contributed by atoms with Crippen molar-refractivity contribution in [3.63, 3.8) is 0 Å². The van der Waals surface area contributed by atoms with Gasteiger partial charge in [0, 0.05) is 18.3 Å². The van der Waals surface area contributed by atoms with Crippen LogP contribution in [0.25, 0.3) is 0 Å². The van der Waals surface area contributed by atoms with Gasteiger partial charge in [-0.1, -0.05) is 29.8 Å². The Bertz CT molecular complexity index is 385. The summed E-state index contributed by atoms with van der Waals surface area (Å²) >= 11 is 1.64. The Labute approximate surface area is 126 Å². The fourth-order valence-electron chi connectivity index (χ4n) is 1.55. The van der Waals surface area contributed by atoms with Crippen molar-refractivity contribution in [2.24, 2.45) is 5.73 Å². The fraction of sp³-hybridized carbons (Fsp3) is 0.500. The summed E-state index contributed by atoms with van der Waals surface area (Å²) in [6.45, 7) is 4.69. The lowest BCUT2D eigenvalue weighted by Gasteiger charge is -2.07. The number of rotatable bonds is 7. The first-order valence-electron chi connectivity index (χ1n) is 6.23. The maximum Gasteiger partial charge on any atom is 0.230 e. The van der Waals surface area contributed by atoms with Crippen LogP contribution in [-0.2, 0) is 10.5 Å². The van der Waals surface area contributed by atoms with Crippen molar-refractivity contribution in [2.45, 2.75) is 32.1 Å². The second-order valence-electron chi connectivity index (χ2n) is 4.60. The number of halogens is 1. The first kappa shape index (κ1) is 18.3. The zero-order valence-electron chi connectivity index (χ0n) is 11.5. The van der Waals surface area contributed by atoms with Crippen LogP contribution in [0.1, 0.15) is 24.5 Å². The molecule has 108 valence electrons. The molecule has 1 amide bonds. The van der Waals surface area contributed by atoms with E-state index in [4.69, 9.17) is 5.73 Å². The van der Waals surface area contributed by atoms with Gasteiger partial charge in [-0.15, -0.1) is 24.2 Å². The lowest BCUT2D eigenvalue weighted by molar-refractivity contribution is -0.118. The molecule has 0 aliphatic carbocycles. The normalized spacial score (nSPS) is 11.5. The molecule has 0 heterocycles. The lowest BCUT2D eigenvalue weighted by atomic mass is 10.2. The molecule has 0 bridgehead atoms. The number of nitrogens with one attached hydrogen (secondary N) is 1. The third kappa shape index (κ3) is 8.92. The van der Waals surface area contributed by atoms with Gasteiger partial charge in [0.1, 0.15) is 0 Å². The largest absolute Gasteiger partial charge is 0.355 e. The van der Waals surface area contributed by atoms with E-state index in [1.54, 1.807) is 11.8 Å². The van der Waals surface area contributed by atoms with Gasteiger partial charge in [-0.05, 0) is 25.8 Å². The molecule has 0 fully saturated rings. The van der Waals surface area contributed by atoms with Gasteiger partial charge in [0.25, 0.3) is 0 Å². The predicted octanol–water partition coefficient (Wildman–Crippen LogP) is 2.50. The van der Waals surface area contributed by atoms with Crippen LogP contribution in [0, 0.1) is 6.92 Å². The van der Waals surface area contributed by atoms with Crippen molar-refractivity contribution in [1.82, 2.24) is 5.32 Å². The van der Waals surface area contributed by atoms with Crippen LogP contribution >= 0.6 is 24.2 Å². The molecule has 1 aromatic rings. The van der Waals surface area contributed by atoms with Crippen molar-refractivity contribution in [3.05, 3.63) is 35.4 Å². The number of carbonyl (C=O) groups excluding carboxylic acids is 1. The van der Waals surface area contributed by atoms with Crippen LogP contribution < -0.4 is 11.1 Å². The molecule has 1 unspecified atom stereocenters. The molecule has 1 aromatic carbocycles. The van der Waals surface area contributed by atoms with Crippen molar-refractivity contribution in [2.75, 3.05) is 12.3 Å². The SMILES string of the molecule is Cc1cccc(CSCC(=O)NCCC(C)N)c1.Cl. The number of hydrogen-bond donors (Lipinski definition) is 2. The van der Waals surface area contributed by atoms with E-state index in [2.05, 4.69) is 30.4 Å². The fourth-order valence-corrected chi connectivity index (χ4v) is 2.36. The topological polar surface area (TPSA) is 55.1 Å². The van der Waals surface area contributed by atoms with Gasteiger partial charge in [0.05, 0.1) is 5.75 Å². The summed E-state index contributed by atoms with van der Waals surface area (Å²) in [5, 5.41) is 2.87. The molecule has 0 aliphatic heterocycles. The van der Waals surface area contributed by atoms with Crippen LogP contribution in [0.5, 0.6) is 0 Å². The molecule has 1 atom stereocenters.